The van der Waals surface area contributed by atoms with E-state index < -0.39 is 0 Å². The standard InChI is InChI=1S/C19H22BrN3O/c1-22(2)19-8-3-15(13-18(19)20)14-21-16-4-6-17(7-5-16)23-9-11-24-12-10-23/h3-8,13-14H,9-12H2,1-2H3. The molecule has 4 nitrogen and oxygen atoms in total. The average molecular weight is 388 g/mol. The molecule has 3 rings (SSSR count). The number of hydrogen-bond donors (Lipinski definition) is 0. The van der Waals surface area contributed by atoms with E-state index in [1.807, 2.05) is 20.3 Å². The minimum atomic E-state index is 0.803. The van der Waals surface area contributed by atoms with E-state index >= 15 is 0 Å². The molecule has 0 spiro atoms. The van der Waals surface area contributed by atoms with Crippen molar-refractivity contribution in [2.24, 2.45) is 4.99 Å². The second-order valence-electron chi connectivity index (χ2n) is 5.98. The van der Waals surface area contributed by atoms with Crippen LogP contribution in [0.2, 0.25) is 0 Å². The lowest BCUT2D eigenvalue weighted by Crippen LogP contribution is -2.36. The molecule has 2 aromatic carbocycles. The van der Waals surface area contributed by atoms with Gasteiger partial charge in [-0.15, -0.1) is 0 Å². The zero-order chi connectivity index (χ0) is 16.9. The molecule has 1 heterocycles. The number of rotatable bonds is 4. The highest BCUT2D eigenvalue weighted by atomic mass is 79.9. The fourth-order valence-corrected chi connectivity index (χ4v) is 3.44. The Labute approximate surface area is 151 Å². The maximum Gasteiger partial charge on any atom is 0.0642 e. The summed E-state index contributed by atoms with van der Waals surface area (Å²) >= 11 is 3.61. The van der Waals surface area contributed by atoms with Gasteiger partial charge in [0, 0.05) is 43.6 Å². The summed E-state index contributed by atoms with van der Waals surface area (Å²) in [6.07, 6.45) is 1.90. The lowest BCUT2D eigenvalue weighted by Gasteiger charge is -2.28. The van der Waals surface area contributed by atoms with Crippen molar-refractivity contribution in [3.8, 4) is 0 Å². The molecule has 1 fully saturated rings. The highest BCUT2D eigenvalue weighted by molar-refractivity contribution is 9.10. The predicted octanol–water partition coefficient (Wildman–Crippen LogP) is 4.10. The van der Waals surface area contributed by atoms with Crippen molar-refractivity contribution in [1.82, 2.24) is 0 Å². The first kappa shape index (κ1) is 17.0. The Balaban J connectivity index is 1.69. The second-order valence-corrected chi connectivity index (χ2v) is 6.83. The fraction of sp³-hybridized carbons (Fsp3) is 0.316. The Morgan fingerprint density at radius 1 is 1.08 bits per heavy atom. The second kappa shape index (κ2) is 7.81. The molecule has 0 saturated carbocycles. The van der Waals surface area contributed by atoms with Gasteiger partial charge in [-0.2, -0.15) is 0 Å². The molecule has 0 unspecified atom stereocenters. The summed E-state index contributed by atoms with van der Waals surface area (Å²) < 4.78 is 6.46. The highest BCUT2D eigenvalue weighted by Crippen LogP contribution is 2.26. The molecule has 1 saturated heterocycles. The number of morpholine rings is 1. The van der Waals surface area contributed by atoms with Crippen LogP contribution in [0.4, 0.5) is 17.1 Å². The molecule has 126 valence electrons. The molecular weight excluding hydrogens is 366 g/mol. The van der Waals surface area contributed by atoms with Crippen LogP contribution in [0, 0.1) is 0 Å². The van der Waals surface area contributed by atoms with Gasteiger partial charge in [-0.25, -0.2) is 0 Å². The Morgan fingerprint density at radius 2 is 1.79 bits per heavy atom. The summed E-state index contributed by atoms with van der Waals surface area (Å²) in [5, 5.41) is 0. The molecule has 1 aliphatic rings. The zero-order valence-electron chi connectivity index (χ0n) is 14.1. The van der Waals surface area contributed by atoms with Crippen LogP contribution in [0.1, 0.15) is 5.56 Å². The van der Waals surface area contributed by atoms with E-state index in [0.29, 0.717) is 0 Å². The molecular formula is C19H22BrN3O. The number of halogens is 1. The average Bonchev–Trinajstić information content (AvgIpc) is 2.61. The number of ether oxygens (including phenoxy) is 1. The van der Waals surface area contributed by atoms with Crippen molar-refractivity contribution in [3.63, 3.8) is 0 Å². The van der Waals surface area contributed by atoms with Crippen LogP contribution in [-0.2, 0) is 4.74 Å². The smallest absolute Gasteiger partial charge is 0.0642 e. The summed E-state index contributed by atoms with van der Waals surface area (Å²) in [6, 6.07) is 14.6. The monoisotopic (exact) mass is 387 g/mol. The first-order chi connectivity index (χ1) is 11.6. The van der Waals surface area contributed by atoms with E-state index in [1.165, 1.54) is 5.69 Å². The zero-order valence-corrected chi connectivity index (χ0v) is 15.7. The SMILES string of the molecule is CN(C)c1ccc(C=Nc2ccc(N3CCOCC3)cc2)cc1Br. The van der Waals surface area contributed by atoms with Gasteiger partial charge >= 0.3 is 0 Å². The molecule has 24 heavy (non-hydrogen) atoms. The van der Waals surface area contributed by atoms with Crippen molar-refractivity contribution in [1.29, 1.82) is 0 Å². The quantitative estimate of drug-likeness (QED) is 0.739. The number of benzene rings is 2. The van der Waals surface area contributed by atoms with E-state index in [2.05, 4.69) is 73.2 Å². The third-order valence-corrected chi connectivity index (χ3v) is 4.68. The van der Waals surface area contributed by atoms with Crippen molar-refractivity contribution in [2.45, 2.75) is 0 Å². The minimum Gasteiger partial charge on any atom is -0.378 e. The number of nitrogens with zero attached hydrogens (tertiary/aromatic N) is 3. The van der Waals surface area contributed by atoms with Gasteiger partial charge in [0.1, 0.15) is 0 Å². The van der Waals surface area contributed by atoms with Crippen LogP contribution in [0.15, 0.2) is 51.9 Å². The van der Waals surface area contributed by atoms with Gasteiger partial charge in [0.25, 0.3) is 0 Å². The van der Waals surface area contributed by atoms with Crippen LogP contribution >= 0.6 is 15.9 Å². The van der Waals surface area contributed by atoms with Crippen LogP contribution in [0.25, 0.3) is 0 Å². The number of aliphatic imine (C=N–C) groups is 1. The van der Waals surface area contributed by atoms with E-state index in [1.54, 1.807) is 0 Å². The lowest BCUT2D eigenvalue weighted by atomic mass is 10.2. The van der Waals surface area contributed by atoms with Crippen molar-refractivity contribution >= 4 is 39.2 Å². The Morgan fingerprint density at radius 3 is 2.42 bits per heavy atom. The summed E-state index contributed by atoms with van der Waals surface area (Å²) in [6.45, 7) is 3.51. The van der Waals surface area contributed by atoms with Gasteiger partial charge < -0.3 is 14.5 Å². The summed E-state index contributed by atoms with van der Waals surface area (Å²) in [7, 11) is 4.06. The van der Waals surface area contributed by atoms with Crippen molar-refractivity contribution < 1.29 is 4.74 Å². The molecule has 1 aliphatic heterocycles. The van der Waals surface area contributed by atoms with E-state index in [0.717, 1.165) is 47.7 Å². The first-order valence-electron chi connectivity index (χ1n) is 8.07. The number of hydrogen-bond acceptors (Lipinski definition) is 4. The third-order valence-electron chi connectivity index (χ3n) is 4.04. The highest BCUT2D eigenvalue weighted by Gasteiger charge is 2.10. The fourth-order valence-electron chi connectivity index (χ4n) is 2.69. The summed E-state index contributed by atoms with van der Waals surface area (Å²) in [4.78, 5) is 9.00. The normalized spacial score (nSPS) is 15.0. The molecule has 2 aromatic rings. The van der Waals surface area contributed by atoms with Crippen LogP contribution < -0.4 is 9.80 Å². The predicted molar refractivity (Wildman–Crippen MR) is 105 cm³/mol. The summed E-state index contributed by atoms with van der Waals surface area (Å²) in [5.41, 5.74) is 4.42. The number of anilines is 2. The van der Waals surface area contributed by atoms with Crippen molar-refractivity contribution in [2.75, 3.05) is 50.2 Å². The largest absolute Gasteiger partial charge is 0.378 e. The summed E-state index contributed by atoms with van der Waals surface area (Å²) in [5.74, 6) is 0. The lowest BCUT2D eigenvalue weighted by molar-refractivity contribution is 0.122. The van der Waals surface area contributed by atoms with Gasteiger partial charge in [-0.1, -0.05) is 6.07 Å². The van der Waals surface area contributed by atoms with E-state index in [4.69, 9.17) is 4.74 Å². The Kier molecular flexibility index (Phi) is 5.53. The molecule has 0 aromatic heterocycles. The molecule has 0 amide bonds. The van der Waals surface area contributed by atoms with Gasteiger partial charge in [0.05, 0.1) is 24.6 Å². The molecule has 5 heteroatoms. The Bertz CT molecular complexity index is 707. The van der Waals surface area contributed by atoms with E-state index in [-0.39, 0.29) is 0 Å². The molecule has 0 radical (unpaired) electrons. The minimum absolute atomic E-state index is 0.803. The van der Waals surface area contributed by atoms with Crippen molar-refractivity contribution in [3.05, 3.63) is 52.5 Å². The van der Waals surface area contributed by atoms with Crippen LogP contribution in [-0.4, -0.2) is 46.6 Å². The third kappa shape index (κ3) is 4.16. The van der Waals surface area contributed by atoms with Gasteiger partial charge in [-0.05, 0) is 57.9 Å². The van der Waals surface area contributed by atoms with Gasteiger partial charge in [0.2, 0.25) is 0 Å². The van der Waals surface area contributed by atoms with Gasteiger partial charge in [0.15, 0.2) is 0 Å². The molecule has 0 bridgehead atoms. The van der Waals surface area contributed by atoms with E-state index in [9.17, 15) is 0 Å². The Hall–Kier alpha value is -1.85. The molecule has 0 N–H and O–H groups in total. The first-order valence-corrected chi connectivity index (χ1v) is 8.86. The van der Waals surface area contributed by atoms with Crippen LogP contribution in [0.5, 0.6) is 0 Å². The molecule has 0 aliphatic carbocycles. The van der Waals surface area contributed by atoms with Gasteiger partial charge in [-0.3, -0.25) is 4.99 Å². The topological polar surface area (TPSA) is 28.1 Å². The maximum atomic E-state index is 5.39. The molecule has 0 atom stereocenters. The maximum absolute atomic E-state index is 5.39. The van der Waals surface area contributed by atoms with Crippen LogP contribution in [0.3, 0.4) is 0 Å².